The molecule has 0 saturated heterocycles. The summed E-state index contributed by atoms with van der Waals surface area (Å²) >= 11 is 1.29. The minimum atomic E-state index is -0.976. The second-order valence-corrected chi connectivity index (χ2v) is 5.40. The van der Waals surface area contributed by atoms with Crippen LogP contribution in [-0.2, 0) is 4.79 Å². The van der Waals surface area contributed by atoms with Crippen molar-refractivity contribution in [1.82, 2.24) is 5.32 Å². The fraction of sp³-hybridized carbons (Fsp3) is 0.143. The molecule has 0 aliphatic rings. The number of benzene rings is 1. The molecule has 2 N–H and O–H groups in total. The van der Waals surface area contributed by atoms with Crippen molar-refractivity contribution in [1.29, 1.82) is 0 Å². The second kappa shape index (κ2) is 7.45. The Morgan fingerprint density at radius 3 is 2.74 bits per heavy atom. The number of halogens is 1. The van der Waals surface area contributed by atoms with E-state index < -0.39 is 22.3 Å². The highest BCUT2D eigenvalue weighted by Gasteiger charge is 2.15. The third-order valence-corrected chi connectivity index (χ3v) is 3.68. The Bertz CT molecular complexity index is 734. The van der Waals surface area contributed by atoms with Gasteiger partial charge in [0.25, 0.3) is 5.91 Å². The van der Waals surface area contributed by atoms with E-state index in [0.717, 1.165) is 12.1 Å². The van der Waals surface area contributed by atoms with Crippen LogP contribution in [0.5, 0.6) is 0 Å². The van der Waals surface area contributed by atoms with Crippen LogP contribution in [0.4, 0.5) is 15.8 Å². The molecule has 1 heterocycles. The molecular formula is C14H12FN3O4S. The van der Waals surface area contributed by atoms with Crippen LogP contribution >= 0.6 is 11.3 Å². The number of amides is 2. The van der Waals surface area contributed by atoms with Crippen molar-refractivity contribution >= 4 is 34.5 Å². The molecule has 23 heavy (non-hydrogen) atoms. The Kier molecular flexibility index (Phi) is 5.36. The highest BCUT2D eigenvalue weighted by molar-refractivity contribution is 7.12. The van der Waals surface area contributed by atoms with E-state index in [9.17, 15) is 24.1 Å². The normalized spacial score (nSPS) is 10.1. The van der Waals surface area contributed by atoms with E-state index >= 15 is 0 Å². The molecule has 0 aliphatic carbocycles. The van der Waals surface area contributed by atoms with Crippen molar-refractivity contribution < 1.29 is 18.9 Å². The highest BCUT2D eigenvalue weighted by atomic mass is 32.1. The summed E-state index contributed by atoms with van der Waals surface area (Å²) < 4.78 is 13.2. The SMILES string of the molecule is O=C(CCNC(=O)c1cccs1)Nc1ccc(F)c([N+](=O)[O-])c1. The first-order valence-corrected chi connectivity index (χ1v) is 7.41. The van der Waals surface area contributed by atoms with E-state index in [4.69, 9.17) is 0 Å². The van der Waals surface area contributed by atoms with Crippen LogP contribution in [-0.4, -0.2) is 23.3 Å². The third-order valence-electron chi connectivity index (χ3n) is 2.81. The van der Waals surface area contributed by atoms with Gasteiger partial charge in [0.05, 0.1) is 9.80 Å². The number of nitrogens with zero attached hydrogens (tertiary/aromatic N) is 1. The number of hydrogen-bond acceptors (Lipinski definition) is 5. The second-order valence-electron chi connectivity index (χ2n) is 4.45. The molecule has 0 aliphatic heterocycles. The summed E-state index contributed by atoms with van der Waals surface area (Å²) in [5, 5.41) is 17.4. The van der Waals surface area contributed by atoms with Gasteiger partial charge in [-0.1, -0.05) is 6.07 Å². The number of nitro benzene ring substituents is 1. The Morgan fingerprint density at radius 2 is 2.09 bits per heavy atom. The lowest BCUT2D eigenvalue weighted by Gasteiger charge is -2.06. The van der Waals surface area contributed by atoms with Crippen LogP contribution in [0.25, 0.3) is 0 Å². The van der Waals surface area contributed by atoms with Crippen molar-refractivity contribution in [2.45, 2.75) is 6.42 Å². The Hall–Kier alpha value is -2.81. The van der Waals surface area contributed by atoms with Crippen LogP contribution in [0.15, 0.2) is 35.7 Å². The van der Waals surface area contributed by atoms with Gasteiger partial charge in [-0.25, -0.2) is 0 Å². The summed E-state index contributed by atoms with van der Waals surface area (Å²) in [6.07, 6.45) is -0.0116. The Morgan fingerprint density at radius 1 is 1.30 bits per heavy atom. The molecule has 0 unspecified atom stereocenters. The molecule has 0 bridgehead atoms. The van der Waals surface area contributed by atoms with Gasteiger partial charge < -0.3 is 10.6 Å². The predicted molar refractivity (Wildman–Crippen MR) is 83.0 cm³/mol. The molecule has 2 amide bonds. The lowest BCUT2D eigenvalue weighted by molar-refractivity contribution is -0.387. The van der Waals surface area contributed by atoms with E-state index in [0.29, 0.717) is 4.88 Å². The lowest BCUT2D eigenvalue weighted by atomic mass is 10.2. The molecule has 1 aromatic heterocycles. The summed E-state index contributed by atoms with van der Waals surface area (Å²) in [4.78, 5) is 33.7. The van der Waals surface area contributed by atoms with E-state index in [1.165, 1.54) is 17.4 Å². The fourth-order valence-corrected chi connectivity index (χ4v) is 2.38. The van der Waals surface area contributed by atoms with Gasteiger partial charge in [-0.05, 0) is 23.6 Å². The standard InChI is InChI=1S/C14H12FN3O4S/c15-10-4-3-9(8-11(10)18(21)22)17-13(19)5-6-16-14(20)12-2-1-7-23-12/h1-4,7-8H,5-6H2,(H,16,20)(H,17,19). The van der Waals surface area contributed by atoms with Gasteiger partial charge >= 0.3 is 5.69 Å². The number of rotatable bonds is 6. The molecule has 0 spiro atoms. The molecule has 2 aromatic rings. The van der Waals surface area contributed by atoms with Gasteiger partial charge in [-0.3, -0.25) is 19.7 Å². The largest absolute Gasteiger partial charge is 0.351 e. The van der Waals surface area contributed by atoms with Crippen molar-refractivity contribution in [2.24, 2.45) is 0 Å². The zero-order valence-electron chi connectivity index (χ0n) is 11.7. The van der Waals surface area contributed by atoms with Crippen molar-refractivity contribution in [3.8, 4) is 0 Å². The summed E-state index contributed by atoms with van der Waals surface area (Å²) in [6.45, 7) is 0.117. The minimum Gasteiger partial charge on any atom is -0.351 e. The molecule has 0 saturated carbocycles. The number of thiophene rings is 1. The van der Waals surface area contributed by atoms with E-state index in [1.807, 2.05) is 0 Å². The predicted octanol–water partition coefficient (Wildman–Crippen LogP) is 2.55. The lowest BCUT2D eigenvalue weighted by Crippen LogP contribution is -2.27. The quantitative estimate of drug-likeness (QED) is 0.625. The maximum Gasteiger partial charge on any atom is 0.306 e. The first kappa shape index (κ1) is 16.6. The average Bonchev–Trinajstić information content (AvgIpc) is 3.03. The Balaban J connectivity index is 1.84. The highest BCUT2D eigenvalue weighted by Crippen LogP contribution is 2.21. The van der Waals surface area contributed by atoms with Gasteiger partial charge in [-0.2, -0.15) is 4.39 Å². The topological polar surface area (TPSA) is 101 Å². The molecule has 0 fully saturated rings. The molecule has 9 heteroatoms. The van der Waals surface area contributed by atoms with Gasteiger partial charge in [0.2, 0.25) is 11.7 Å². The maximum absolute atomic E-state index is 13.2. The molecular weight excluding hydrogens is 325 g/mol. The summed E-state index contributed by atoms with van der Waals surface area (Å²) in [6, 6.07) is 6.49. The number of nitro groups is 1. The minimum absolute atomic E-state index is 0.0116. The maximum atomic E-state index is 13.2. The number of carbonyl (C=O) groups is 2. The molecule has 0 atom stereocenters. The van der Waals surface area contributed by atoms with Crippen molar-refractivity contribution in [2.75, 3.05) is 11.9 Å². The van der Waals surface area contributed by atoms with E-state index in [2.05, 4.69) is 10.6 Å². The average molecular weight is 337 g/mol. The summed E-state index contributed by atoms with van der Waals surface area (Å²) in [5.74, 6) is -1.70. The number of carbonyl (C=O) groups excluding carboxylic acids is 2. The van der Waals surface area contributed by atoms with Crippen LogP contribution in [0, 0.1) is 15.9 Å². The zero-order chi connectivity index (χ0) is 16.8. The van der Waals surface area contributed by atoms with Gasteiger partial charge in [-0.15, -0.1) is 11.3 Å². The molecule has 0 radical (unpaired) electrons. The van der Waals surface area contributed by atoms with Gasteiger partial charge in [0.1, 0.15) is 0 Å². The van der Waals surface area contributed by atoms with Crippen LogP contribution in [0.3, 0.4) is 0 Å². The van der Waals surface area contributed by atoms with Crippen molar-refractivity contribution in [3.63, 3.8) is 0 Å². The molecule has 120 valence electrons. The van der Waals surface area contributed by atoms with Gasteiger partial charge in [0.15, 0.2) is 0 Å². The molecule has 2 rings (SSSR count). The van der Waals surface area contributed by atoms with E-state index in [1.54, 1.807) is 17.5 Å². The molecule has 7 nitrogen and oxygen atoms in total. The summed E-state index contributed by atoms with van der Waals surface area (Å²) in [5.41, 5.74) is -0.596. The first-order valence-electron chi connectivity index (χ1n) is 6.53. The van der Waals surface area contributed by atoms with Crippen molar-refractivity contribution in [3.05, 3.63) is 56.5 Å². The smallest absolute Gasteiger partial charge is 0.306 e. The Labute approximate surface area is 134 Å². The summed E-state index contributed by atoms with van der Waals surface area (Å²) in [7, 11) is 0. The number of anilines is 1. The van der Waals surface area contributed by atoms with Gasteiger partial charge in [0, 0.05) is 24.7 Å². The molecule has 1 aromatic carbocycles. The number of hydrogen-bond donors (Lipinski definition) is 2. The number of nitrogens with one attached hydrogen (secondary N) is 2. The van der Waals surface area contributed by atoms with Crippen LogP contribution < -0.4 is 10.6 Å². The van der Waals surface area contributed by atoms with Crippen LogP contribution in [0.2, 0.25) is 0 Å². The monoisotopic (exact) mass is 337 g/mol. The third kappa shape index (κ3) is 4.58. The zero-order valence-corrected chi connectivity index (χ0v) is 12.6. The van der Waals surface area contributed by atoms with Crippen LogP contribution in [0.1, 0.15) is 16.1 Å². The first-order chi connectivity index (χ1) is 11.0. The fourth-order valence-electron chi connectivity index (χ4n) is 1.74. The van der Waals surface area contributed by atoms with E-state index in [-0.39, 0.29) is 24.6 Å².